The number of nitrogens with one attached hydrogen (secondary N) is 1. The highest BCUT2D eigenvalue weighted by molar-refractivity contribution is 6.33. The molecule has 0 bridgehead atoms. The zero-order valence-electron chi connectivity index (χ0n) is 22.3. The number of allylic oxidation sites excluding steroid dienone is 4. The van der Waals surface area contributed by atoms with E-state index in [2.05, 4.69) is 20.0 Å². The van der Waals surface area contributed by atoms with Crippen molar-refractivity contribution in [2.45, 2.75) is 44.9 Å². The van der Waals surface area contributed by atoms with Crippen LogP contribution < -0.4 is 10.2 Å². The average Bonchev–Trinajstić information content (AvgIpc) is 3.30. The number of pyridine rings is 1. The molecule has 5 rings (SSSR count). The van der Waals surface area contributed by atoms with Crippen LogP contribution in [0.5, 0.6) is 0 Å². The molecule has 16 heteroatoms. The molecule has 2 aromatic heterocycles. The van der Waals surface area contributed by atoms with E-state index in [1.54, 1.807) is 16.0 Å². The third kappa shape index (κ3) is 6.50. The van der Waals surface area contributed by atoms with Gasteiger partial charge in [0.15, 0.2) is 0 Å². The summed E-state index contributed by atoms with van der Waals surface area (Å²) in [5.41, 5.74) is 0.293. The SMILES string of the molecule is CC1N=CCn2c1nc(C1=CC=C(OC(F)(F)F)CC1)c2NCC(=O)N1CCN(c2ncc(C(F)(F)F)cc2Cl)CC1. The van der Waals surface area contributed by atoms with Crippen LogP contribution in [0.4, 0.5) is 38.0 Å². The van der Waals surface area contributed by atoms with Crippen molar-refractivity contribution in [3.63, 3.8) is 0 Å². The second-order valence-electron chi connectivity index (χ2n) is 9.91. The number of amides is 1. The molecule has 42 heavy (non-hydrogen) atoms. The standard InChI is InChI=1S/C26H26ClF6N7O2/c1-15-22-37-21(16-2-4-18(5-3-16)42-26(31,32)33)24(40(22)7-6-34-15)36-14-20(41)38-8-10-39(11-9-38)23-19(27)12-17(13-35-23)25(28,29)30/h2,4,6,12-13,15,36H,3,5,7-11,14H2,1H3. The summed E-state index contributed by atoms with van der Waals surface area (Å²) < 4.78 is 82.6. The number of halogens is 7. The maximum atomic E-state index is 13.1. The average molecular weight is 618 g/mol. The topological polar surface area (TPSA) is 87.9 Å². The summed E-state index contributed by atoms with van der Waals surface area (Å²) in [6.45, 7) is 3.47. The Labute approximate surface area is 241 Å². The smallest absolute Gasteiger partial charge is 0.410 e. The number of imidazole rings is 1. The quantitative estimate of drug-likeness (QED) is 0.434. The monoisotopic (exact) mass is 617 g/mol. The van der Waals surface area contributed by atoms with E-state index >= 15 is 0 Å². The van der Waals surface area contributed by atoms with E-state index < -0.39 is 18.1 Å². The van der Waals surface area contributed by atoms with Crippen molar-refractivity contribution >= 4 is 40.9 Å². The van der Waals surface area contributed by atoms with Crippen LogP contribution in [0, 0.1) is 0 Å². The molecule has 226 valence electrons. The van der Waals surface area contributed by atoms with E-state index in [1.165, 1.54) is 12.2 Å². The Balaban J connectivity index is 1.26. The number of carbonyl (C=O) groups is 1. The van der Waals surface area contributed by atoms with Crippen molar-refractivity contribution < 1.29 is 35.9 Å². The van der Waals surface area contributed by atoms with Gasteiger partial charge >= 0.3 is 12.5 Å². The molecule has 1 atom stereocenters. The first-order chi connectivity index (χ1) is 19.8. The van der Waals surface area contributed by atoms with Crippen molar-refractivity contribution in [1.82, 2.24) is 19.4 Å². The Hall–Kier alpha value is -3.75. The predicted molar refractivity (Wildman–Crippen MR) is 143 cm³/mol. The summed E-state index contributed by atoms with van der Waals surface area (Å²) in [7, 11) is 0. The summed E-state index contributed by atoms with van der Waals surface area (Å²) in [4.78, 5) is 29.5. The van der Waals surface area contributed by atoms with Gasteiger partial charge in [-0.3, -0.25) is 9.79 Å². The van der Waals surface area contributed by atoms with Crippen LogP contribution in [0.2, 0.25) is 5.02 Å². The third-order valence-electron chi connectivity index (χ3n) is 7.11. The molecule has 4 heterocycles. The molecule has 3 aliphatic rings. The zero-order chi connectivity index (χ0) is 30.2. The summed E-state index contributed by atoms with van der Waals surface area (Å²) >= 11 is 6.08. The van der Waals surface area contributed by atoms with Crippen LogP contribution >= 0.6 is 11.6 Å². The fourth-order valence-electron chi connectivity index (χ4n) is 5.04. The summed E-state index contributed by atoms with van der Waals surface area (Å²) in [5, 5.41) is 3.06. The van der Waals surface area contributed by atoms with Gasteiger partial charge in [-0.2, -0.15) is 13.2 Å². The van der Waals surface area contributed by atoms with Gasteiger partial charge in [0.05, 0.1) is 23.7 Å². The first kappa shape index (κ1) is 29.7. The van der Waals surface area contributed by atoms with E-state index in [1.807, 2.05) is 11.5 Å². The Morgan fingerprint density at radius 1 is 1.12 bits per heavy atom. The highest BCUT2D eigenvalue weighted by Crippen LogP contribution is 2.37. The van der Waals surface area contributed by atoms with Gasteiger partial charge in [-0.05, 0) is 31.1 Å². The summed E-state index contributed by atoms with van der Waals surface area (Å²) in [6.07, 6.45) is -3.73. The molecule has 0 aromatic carbocycles. The van der Waals surface area contributed by atoms with Gasteiger partial charge in [0.2, 0.25) is 5.91 Å². The number of hydrogen-bond donors (Lipinski definition) is 1. The number of alkyl halides is 6. The molecule has 2 aromatic rings. The van der Waals surface area contributed by atoms with Crippen LogP contribution in [0.1, 0.15) is 42.9 Å². The van der Waals surface area contributed by atoms with Crippen LogP contribution in [0.25, 0.3) is 5.57 Å². The summed E-state index contributed by atoms with van der Waals surface area (Å²) in [5.74, 6) is 1.05. The molecule has 2 aliphatic heterocycles. The lowest BCUT2D eigenvalue weighted by molar-refractivity contribution is -0.306. The van der Waals surface area contributed by atoms with Crippen molar-refractivity contribution in [3.8, 4) is 0 Å². The molecule has 1 fully saturated rings. The molecular formula is C26H26ClF6N7O2. The lowest BCUT2D eigenvalue weighted by atomic mass is 10.0. The molecular weight excluding hydrogens is 592 g/mol. The van der Waals surface area contributed by atoms with E-state index in [-0.39, 0.29) is 47.9 Å². The van der Waals surface area contributed by atoms with Gasteiger partial charge in [0.25, 0.3) is 0 Å². The predicted octanol–water partition coefficient (Wildman–Crippen LogP) is 5.45. The minimum absolute atomic E-state index is 0.0417. The molecule has 0 radical (unpaired) electrons. The van der Waals surface area contributed by atoms with Crippen molar-refractivity contribution in [1.29, 1.82) is 0 Å². The Bertz CT molecular complexity index is 1440. The number of aromatic nitrogens is 3. The number of carbonyl (C=O) groups excluding carboxylic acids is 1. The van der Waals surface area contributed by atoms with Crippen molar-refractivity contribution in [3.05, 3.63) is 52.3 Å². The number of hydrogen-bond acceptors (Lipinski definition) is 7. The number of anilines is 2. The molecule has 0 saturated carbocycles. The van der Waals surface area contributed by atoms with E-state index in [0.717, 1.165) is 12.3 Å². The molecule has 1 N–H and O–H groups in total. The van der Waals surface area contributed by atoms with E-state index in [4.69, 9.17) is 16.6 Å². The zero-order valence-corrected chi connectivity index (χ0v) is 23.0. The van der Waals surface area contributed by atoms with Crippen LogP contribution in [-0.4, -0.2) is 70.6 Å². The Kier molecular flexibility index (Phi) is 8.14. The van der Waals surface area contributed by atoms with Crippen molar-refractivity contribution in [2.75, 3.05) is 42.9 Å². The van der Waals surface area contributed by atoms with Gasteiger partial charge in [-0.25, -0.2) is 9.97 Å². The fraction of sp³-hybridized carbons (Fsp3) is 0.462. The van der Waals surface area contributed by atoms with Crippen LogP contribution in [-0.2, 0) is 22.3 Å². The number of fused-ring (bicyclic) bond motifs is 1. The third-order valence-corrected chi connectivity index (χ3v) is 7.39. The van der Waals surface area contributed by atoms with Crippen LogP contribution in [0.3, 0.4) is 0 Å². The van der Waals surface area contributed by atoms with E-state index in [0.29, 0.717) is 55.6 Å². The lowest BCUT2D eigenvalue weighted by Gasteiger charge is -2.36. The second kappa shape index (κ2) is 11.5. The van der Waals surface area contributed by atoms with Gasteiger partial charge < -0.3 is 24.4 Å². The maximum Gasteiger partial charge on any atom is 0.572 e. The van der Waals surface area contributed by atoms with Crippen LogP contribution in [0.15, 0.2) is 35.2 Å². The Morgan fingerprint density at radius 2 is 1.86 bits per heavy atom. The van der Waals surface area contributed by atoms with Gasteiger partial charge in [0, 0.05) is 45.0 Å². The number of nitrogens with zero attached hydrogens (tertiary/aromatic N) is 6. The Morgan fingerprint density at radius 3 is 2.48 bits per heavy atom. The van der Waals surface area contributed by atoms with Gasteiger partial charge in [-0.1, -0.05) is 17.7 Å². The molecule has 9 nitrogen and oxygen atoms in total. The minimum atomic E-state index is -4.77. The van der Waals surface area contributed by atoms with Gasteiger partial charge in [-0.15, -0.1) is 13.2 Å². The molecule has 1 saturated heterocycles. The number of ether oxygens (including phenoxy) is 1. The molecule has 1 amide bonds. The van der Waals surface area contributed by atoms with Gasteiger partial charge in [0.1, 0.15) is 35.0 Å². The lowest BCUT2D eigenvalue weighted by Crippen LogP contribution is -2.50. The number of piperazine rings is 1. The molecule has 0 spiro atoms. The minimum Gasteiger partial charge on any atom is -0.410 e. The second-order valence-corrected chi connectivity index (χ2v) is 10.3. The highest BCUT2D eigenvalue weighted by Gasteiger charge is 2.34. The highest BCUT2D eigenvalue weighted by atomic mass is 35.5. The first-order valence-electron chi connectivity index (χ1n) is 13.1. The maximum absolute atomic E-state index is 13.1. The normalized spacial score (nSPS) is 19.3. The van der Waals surface area contributed by atoms with Crippen molar-refractivity contribution in [2.24, 2.45) is 4.99 Å². The number of aliphatic imine (C=N–C) groups is 1. The molecule has 1 unspecified atom stereocenters. The summed E-state index contributed by atoms with van der Waals surface area (Å²) in [6, 6.07) is 0.592. The largest absolute Gasteiger partial charge is 0.572 e. The first-order valence-corrected chi connectivity index (χ1v) is 13.4. The molecule has 1 aliphatic carbocycles. The number of rotatable bonds is 6. The fourth-order valence-corrected chi connectivity index (χ4v) is 5.32. The van der Waals surface area contributed by atoms with E-state index in [9.17, 15) is 31.1 Å².